The molecule has 0 spiro atoms. The van der Waals surface area contributed by atoms with Crippen molar-refractivity contribution >= 4 is 5.78 Å². The third-order valence-corrected chi connectivity index (χ3v) is 2.21. The van der Waals surface area contributed by atoms with Crippen molar-refractivity contribution in [2.75, 3.05) is 27.2 Å². The molecule has 0 heterocycles. The number of nitrogens with one attached hydrogen (secondary N) is 1. The van der Waals surface area contributed by atoms with Crippen molar-refractivity contribution in [2.45, 2.75) is 20.8 Å². The summed E-state index contributed by atoms with van der Waals surface area (Å²) in [4.78, 5) is 13.3. The molecule has 3 heteroatoms. The van der Waals surface area contributed by atoms with Crippen LogP contribution in [0.2, 0.25) is 0 Å². The molecule has 0 radical (unpaired) electrons. The van der Waals surface area contributed by atoms with Gasteiger partial charge in [0, 0.05) is 24.9 Å². The predicted octanol–water partition coefficient (Wildman–Crippen LogP) is 1.82. The lowest BCUT2D eigenvalue weighted by atomic mass is 9.93. The number of allylic oxidation sites excluding steroid dienone is 2. The highest BCUT2D eigenvalue weighted by Gasteiger charge is 2.17. The van der Waals surface area contributed by atoms with Crippen LogP contribution in [-0.4, -0.2) is 37.9 Å². The van der Waals surface area contributed by atoms with Crippen LogP contribution in [0.25, 0.3) is 0 Å². The Morgan fingerprint density at radius 1 is 1.44 bits per heavy atom. The molecule has 0 rings (SSSR count). The van der Waals surface area contributed by atoms with E-state index in [0.29, 0.717) is 5.57 Å². The highest BCUT2D eigenvalue weighted by molar-refractivity contribution is 5.95. The van der Waals surface area contributed by atoms with Crippen LogP contribution in [0.1, 0.15) is 20.8 Å². The van der Waals surface area contributed by atoms with E-state index >= 15 is 0 Å². The van der Waals surface area contributed by atoms with Gasteiger partial charge in [0.15, 0.2) is 5.78 Å². The minimum atomic E-state index is 0.0351. The Labute approximate surface area is 99.2 Å². The van der Waals surface area contributed by atoms with Crippen LogP contribution in [0, 0.1) is 5.41 Å². The second-order valence-electron chi connectivity index (χ2n) is 5.14. The van der Waals surface area contributed by atoms with Crippen LogP contribution in [-0.2, 0) is 4.79 Å². The summed E-state index contributed by atoms with van der Waals surface area (Å²) in [5.41, 5.74) is 0.795. The van der Waals surface area contributed by atoms with Crippen molar-refractivity contribution in [2.24, 2.45) is 5.41 Å². The number of Topliss-reactive ketones (excluding diaryl/α,β-unsaturated/α-hetero) is 1. The van der Waals surface area contributed by atoms with E-state index in [2.05, 4.69) is 44.7 Å². The first-order valence-corrected chi connectivity index (χ1v) is 5.50. The van der Waals surface area contributed by atoms with E-state index in [4.69, 9.17) is 0 Å². The van der Waals surface area contributed by atoms with Crippen molar-refractivity contribution in [1.29, 1.82) is 0 Å². The third kappa shape index (κ3) is 6.40. The molecule has 0 aromatic rings. The summed E-state index contributed by atoms with van der Waals surface area (Å²) in [5.74, 6) is 0.0351. The van der Waals surface area contributed by atoms with Gasteiger partial charge in [-0.2, -0.15) is 0 Å². The fourth-order valence-electron chi connectivity index (χ4n) is 1.65. The lowest BCUT2D eigenvalue weighted by molar-refractivity contribution is -0.113. The Morgan fingerprint density at radius 3 is 2.38 bits per heavy atom. The molecule has 0 unspecified atom stereocenters. The summed E-state index contributed by atoms with van der Waals surface area (Å²) >= 11 is 0. The third-order valence-electron chi connectivity index (χ3n) is 2.21. The van der Waals surface area contributed by atoms with Crippen molar-refractivity contribution in [3.8, 4) is 0 Å². The van der Waals surface area contributed by atoms with E-state index in [-0.39, 0.29) is 11.2 Å². The number of carbonyl (C=O) groups is 1. The van der Waals surface area contributed by atoms with Gasteiger partial charge in [0.2, 0.25) is 0 Å². The van der Waals surface area contributed by atoms with Gasteiger partial charge in [-0.15, -0.1) is 0 Å². The zero-order chi connectivity index (χ0) is 12.8. The highest BCUT2D eigenvalue weighted by atomic mass is 16.1. The Morgan fingerprint density at radius 2 is 2.00 bits per heavy atom. The quantitative estimate of drug-likeness (QED) is 0.529. The summed E-state index contributed by atoms with van der Waals surface area (Å²) in [7, 11) is 4.12. The fraction of sp³-hybridized carbons (Fsp3) is 0.615. The van der Waals surface area contributed by atoms with Gasteiger partial charge in [0.05, 0.1) is 0 Å². The monoisotopic (exact) mass is 224 g/mol. The molecule has 0 aliphatic heterocycles. The maximum absolute atomic E-state index is 11.1. The Hall–Kier alpha value is -1.09. The molecular weight excluding hydrogens is 200 g/mol. The lowest BCUT2D eigenvalue weighted by Gasteiger charge is -2.28. The van der Waals surface area contributed by atoms with Gasteiger partial charge in [-0.3, -0.25) is 4.79 Å². The molecule has 0 fully saturated rings. The molecule has 0 bridgehead atoms. The first-order valence-electron chi connectivity index (χ1n) is 5.50. The minimum Gasteiger partial charge on any atom is -0.390 e. The molecule has 0 saturated carbocycles. The van der Waals surface area contributed by atoms with Gasteiger partial charge in [0.1, 0.15) is 0 Å². The van der Waals surface area contributed by atoms with Gasteiger partial charge in [-0.1, -0.05) is 26.5 Å². The van der Waals surface area contributed by atoms with Crippen molar-refractivity contribution in [3.63, 3.8) is 0 Å². The molecule has 1 N–H and O–H groups in total. The number of ketones is 1. The van der Waals surface area contributed by atoms with E-state index in [0.717, 1.165) is 13.1 Å². The topological polar surface area (TPSA) is 32.3 Å². The maximum Gasteiger partial charge on any atom is 0.161 e. The van der Waals surface area contributed by atoms with E-state index in [1.807, 2.05) is 0 Å². The van der Waals surface area contributed by atoms with E-state index in [1.165, 1.54) is 0 Å². The summed E-state index contributed by atoms with van der Waals surface area (Å²) in [6.45, 7) is 11.4. The average Bonchev–Trinajstić information content (AvgIpc) is 2.09. The molecule has 92 valence electrons. The minimum absolute atomic E-state index is 0.0351. The Balaban J connectivity index is 4.24. The van der Waals surface area contributed by atoms with Gasteiger partial charge in [-0.05, 0) is 26.4 Å². The largest absolute Gasteiger partial charge is 0.390 e. The zero-order valence-corrected chi connectivity index (χ0v) is 11.1. The Bertz CT molecular complexity index is 278. The van der Waals surface area contributed by atoms with Crippen molar-refractivity contribution in [1.82, 2.24) is 10.2 Å². The van der Waals surface area contributed by atoms with Crippen molar-refractivity contribution in [3.05, 3.63) is 24.4 Å². The number of nitrogens with zero attached hydrogens (tertiary/aromatic N) is 1. The second-order valence-corrected chi connectivity index (χ2v) is 5.14. The van der Waals surface area contributed by atoms with Crippen LogP contribution in [0.3, 0.4) is 0 Å². The fourth-order valence-corrected chi connectivity index (χ4v) is 1.65. The van der Waals surface area contributed by atoms with Crippen LogP contribution in [0.5, 0.6) is 0 Å². The molecule has 0 saturated heterocycles. The normalized spacial score (nSPS) is 12.8. The van der Waals surface area contributed by atoms with Crippen LogP contribution < -0.4 is 5.32 Å². The van der Waals surface area contributed by atoms with Gasteiger partial charge in [0.25, 0.3) is 0 Å². The molecule has 0 amide bonds. The summed E-state index contributed by atoms with van der Waals surface area (Å²) in [6.07, 6.45) is 3.32. The summed E-state index contributed by atoms with van der Waals surface area (Å²) < 4.78 is 0. The van der Waals surface area contributed by atoms with E-state index < -0.39 is 0 Å². The molecular formula is C13H24N2O. The maximum atomic E-state index is 11.1. The molecule has 0 aliphatic rings. The standard InChI is InChI=1S/C13H24N2O/c1-7-12(11(2)16)8-14-9-13(3,4)10-15(5)6/h7-8,14H,1,9-10H2,2-6H3. The van der Waals surface area contributed by atoms with Gasteiger partial charge in [-0.25, -0.2) is 0 Å². The Kier molecular flexibility index (Phi) is 6.04. The molecule has 0 aromatic carbocycles. The van der Waals surface area contributed by atoms with Crippen LogP contribution >= 0.6 is 0 Å². The smallest absolute Gasteiger partial charge is 0.161 e. The molecule has 0 atom stereocenters. The van der Waals surface area contributed by atoms with Gasteiger partial charge >= 0.3 is 0 Å². The van der Waals surface area contributed by atoms with Crippen molar-refractivity contribution < 1.29 is 4.79 Å². The van der Waals surface area contributed by atoms with E-state index in [9.17, 15) is 4.79 Å². The average molecular weight is 224 g/mol. The first-order chi connectivity index (χ1) is 7.28. The summed E-state index contributed by atoms with van der Waals surface area (Å²) in [6, 6.07) is 0. The number of carbonyl (C=O) groups excluding carboxylic acids is 1. The number of rotatable bonds is 7. The van der Waals surface area contributed by atoms with Crippen LogP contribution in [0.4, 0.5) is 0 Å². The first kappa shape index (κ1) is 14.9. The second kappa shape index (κ2) is 6.48. The molecule has 0 aromatic heterocycles. The zero-order valence-electron chi connectivity index (χ0n) is 11.1. The molecule has 3 nitrogen and oxygen atoms in total. The molecule has 0 aliphatic carbocycles. The summed E-state index contributed by atoms with van der Waals surface area (Å²) in [5, 5.41) is 3.18. The number of hydrogen-bond acceptors (Lipinski definition) is 3. The number of hydrogen-bond donors (Lipinski definition) is 1. The van der Waals surface area contributed by atoms with Gasteiger partial charge < -0.3 is 10.2 Å². The van der Waals surface area contributed by atoms with Crippen LogP contribution in [0.15, 0.2) is 24.4 Å². The molecule has 16 heavy (non-hydrogen) atoms. The lowest BCUT2D eigenvalue weighted by Crippen LogP contribution is -2.36. The SMILES string of the molecule is C=CC(=CNCC(C)(C)CN(C)C)C(C)=O. The highest BCUT2D eigenvalue weighted by Crippen LogP contribution is 2.14. The predicted molar refractivity (Wildman–Crippen MR) is 69.3 cm³/mol. The van der Waals surface area contributed by atoms with E-state index in [1.54, 1.807) is 19.2 Å².